The third-order valence-electron chi connectivity index (χ3n) is 3.11. The summed E-state index contributed by atoms with van der Waals surface area (Å²) in [5.74, 6) is -0.360. The molecule has 0 unspecified atom stereocenters. The summed E-state index contributed by atoms with van der Waals surface area (Å²) >= 11 is 1.51. The van der Waals surface area contributed by atoms with Gasteiger partial charge in [-0.2, -0.15) is 0 Å². The number of aromatic carboxylic acids is 1. The number of hydrogen-bond donors (Lipinski definition) is 1. The number of nitro benzene ring substituents is 1. The van der Waals surface area contributed by atoms with Crippen molar-refractivity contribution < 1.29 is 14.8 Å². The van der Waals surface area contributed by atoms with Crippen LogP contribution < -0.4 is 0 Å². The molecule has 0 aliphatic rings. The van der Waals surface area contributed by atoms with Gasteiger partial charge in [0.15, 0.2) is 0 Å². The largest absolute Gasteiger partial charge is 0.478 e. The molecule has 21 heavy (non-hydrogen) atoms. The van der Waals surface area contributed by atoms with Crippen LogP contribution in [0.25, 0.3) is 0 Å². The van der Waals surface area contributed by atoms with E-state index < -0.39 is 5.97 Å². The maximum absolute atomic E-state index is 10.9. The van der Waals surface area contributed by atoms with Crippen LogP contribution in [-0.4, -0.2) is 16.0 Å². The predicted molar refractivity (Wildman–Crippen MR) is 80.8 cm³/mol. The van der Waals surface area contributed by atoms with Gasteiger partial charge >= 0.3 is 5.97 Å². The van der Waals surface area contributed by atoms with E-state index in [1.807, 2.05) is 6.07 Å². The number of rotatable bonds is 5. The van der Waals surface area contributed by atoms with Crippen molar-refractivity contribution >= 4 is 23.4 Å². The van der Waals surface area contributed by atoms with E-state index in [2.05, 4.69) is 0 Å². The van der Waals surface area contributed by atoms with Gasteiger partial charge in [-0.3, -0.25) is 10.1 Å². The lowest BCUT2D eigenvalue weighted by atomic mass is 10.1. The van der Waals surface area contributed by atoms with Crippen LogP contribution in [-0.2, 0) is 5.75 Å². The Kier molecular flexibility index (Phi) is 4.59. The van der Waals surface area contributed by atoms with E-state index in [9.17, 15) is 14.9 Å². The van der Waals surface area contributed by atoms with Crippen LogP contribution in [0.15, 0.2) is 47.4 Å². The molecule has 108 valence electrons. The van der Waals surface area contributed by atoms with Crippen LogP contribution in [0.5, 0.6) is 0 Å². The molecule has 0 aliphatic carbocycles. The maximum Gasteiger partial charge on any atom is 0.335 e. The standard InChI is InChI=1S/C15H13NO4S/c1-10-12(3-2-4-14(10)16(19)20)9-21-13-7-5-11(6-8-13)15(17)18/h2-8H,9H2,1H3,(H,17,18). The van der Waals surface area contributed by atoms with Crippen molar-refractivity contribution in [3.05, 3.63) is 69.3 Å². The van der Waals surface area contributed by atoms with E-state index in [-0.39, 0.29) is 16.2 Å². The summed E-state index contributed by atoms with van der Waals surface area (Å²) in [6, 6.07) is 11.6. The molecule has 5 nitrogen and oxygen atoms in total. The highest BCUT2D eigenvalue weighted by atomic mass is 32.2. The molecule has 1 N–H and O–H groups in total. The lowest BCUT2D eigenvalue weighted by Gasteiger charge is -2.06. The number of carboxylic acids is 1. The summed E-state index contributed by atoms with van der Waals surface area (Å²) in [4.78, 5) is 22.2. The number of nitro groups is 1. The van der Waals surface area contributed by atoms with Crippen LogP contribution in [0.3, 0.4) is 0 Å². The first-order valence-corrected chi connectivity index (χ1v) is 7.16. The number of benzene rings is 2. The molecular weight excluding hydrogens is 290 g/mol. The minimum Gasteiger partial charge on any atom is -0.478 e. The first-order valence-electron chi connectivity index (χ1n) is 6.18. The van der Waals surface area contributed by atoms with Crippen LogP contribution in [0.2, 0.25) is 0 Å². The zero-order chi connectivity index (χ0) is 15.4. The summed E-state index contributed by atoms with van der Waals surface area (Å²) in [6.07, 6.45) is 0. The molecule has 0 amide bonds. The summed E-state index contributed by atoms with van der Waals surface area (Å²) in [6.45, 7) is 1.74. The van der Waals surface area contributed by atoms with Gasteiger partial charge in [-0.25, -0.2) is 4.79 Å². The van der Waals surface area contributed by atoms with Crippen LogP contribution >= 0.6 is 11.8 Å². The Bertz CT molecular complexity index is 683. The zero-order valence-electron chi connectivity index (χ0n) is 11.3. The van der Waals surface area contributed by atoms with Crippen LogP contribution in [0.4, 0.5) is 5.69 Å². The van der Waals surface area contributed by atoms with Gasteiger partial charge < -0.3 is 5.11 Å². The third-order valence-corrected chi connectivity index (χ3v) is 4.17. The maximum atomic E-state index is 10.9. The molecule has 0 saturated heterocycles. The number of nitrogens with zero attached hydrogens (tertiary/aromatic N) is 1. The van der Waals surface area contributed by atoms with Gasteiger partial charge in [0.2, 0.25) is 0 Å². The quantitative estimate of drug-likeness (QED) is 0.515. The lowest BCUT2D eigenvalue weighted by molar-refractivity contribution is -0.385. The van der Waals surface area contributed by atoms with Crippen LogP contribution in [0, 0.1) is 17.0 Å². The van der Waals surface area contributed by atoms with Crippen molar-refractivity contribution in [1.82, 2.24) is 0 Å². The minimum atomic E-state index is -0.957. The predicted octanol–water partition coefficient (Wildman–Crippen LogP) is 3.89. The van der Waals surface area contributed by atoms with Crippen LogP contribution in [0.1, 0.15) is 21.5 Å². The topological polar surface area (TPSA) is 80.4 Å². The highest BCUT2D eigenvalue weighted by molar-refractivity contribution is 7.98. The van der Waals surface area contributed by atoms with Gasteiger partial charge in [-0.15, -0.1) is 11.8 Å². The molecule has 2 rings (SSSR count). The SMILES string of the molecule is Cc1c(CSc2ccc(C(=O)O)cc2)cccc1[N+](=O)[O-]. The van der Waals surface area contributed by atoms with Crippen molar-refractivity contribution in [2.24, 2.45) is 0 Å². The monoisotopic (exact) mass is 303 g/mol. The van der Waals surface area contributed by atoms with Gasteiger partial charge in [-0.1, -0.05) is 12.1 Å². The molecule has 0 radical (unpaired) electrons. The number of carbonyl (C=O) groups is 1. The van der Waals surface area contributed by atoms with E-state index in [0.717, 1.165) is 10.5 Å². The summed E-state index contributed by atoms with van der Waals surface area (Å²) in [5.41, 5.74) is 1.92. The second kappa shape index (κ2) is 6.41. The highest BCUT2D eigenvalue weighted by Crippen LogP contribution is 2.28. The Labute approximate surface area is 125 Å². The lowest BCUT2D eigenvalue weighted by Crippen LogP contribution is -1.96. The molecule has 0 atom stereocenters. The Morgan fingerprint density at radius 1 is 1.24 bits per heavy atom. The van der Waals surface area contributed by atoms with Crippen molar-refractivity contribution in [2.75, 3.05) is 0 Å². The summed E-state index contributed by atoms with van der Waals surface area (Å²) in [5, 5.41) is 19.7. The van der Waals surface area contributed by atoms with E-state index in [1.165, 1.54) is 17.8 Å². The van der Waals surface area contributed by atoms with Crippen molar-refractivity contribution in [1.29, 1.82) is 0 Å². The van der Waals surface area contributed by atoms with Gasteiger partial charge in [0.05, 0.1) is 10.5 Å². The highest BCUT2D eigenvalue weighted by Gasteiger charge is 2.13. The summed E-state index contributed by atoms with van der Waals surface area (Å²) < 4.78 is 0. The first-order chi connectivity index (χ1) is 9.99. The molecule has 6 heteroatoms. The number of thioether (sulfide) groups is 1. The molecule has 0 spiro atoms. The van der Waals surface area contributed by atoms with E-state index in [1.54, 1.807) is 37.3 Å². The van der Waals surface area contributed by atoms with E-state index in [0.29, 0.717) is 11.3 Å². The molecule has 0 aromatic heterocycles. The normalized spacial score (nSPS) is 10.3. The van der Waals surface area contributed by atoms with Crippen molar-refractivity contribution in [3.63, 3.8) is 0 Å². The van der Waals surface area contributed by atoms with E-state index in [4.69, 9.17) is 5.11 Å². The molecule has 2 aromatic rings. The van der Waals surface area contributed by atoms with E-state index >= 15 is 0 Å². The fourth-order valence-electron chi connectivity index (χ4n) is 1.88. The average Bonchev–Trinajstić information content (AvgIpc) is 2.46. The van der Waals surface area contributed by atoms with Crippen molar-refractivity contribution in [2.45, 2.75) is 17.6 Å². The Morgan fingerprint density at radius 3 is 2.48 bits per heavy atom. The Hall–Kier alpha value is -2.34. The van der Waals surface area contributed by atoms with Gasteiger partial charge in [0.1, 0.15) is 0 Å². The van der Waals surface area contributed by atoms with Gasteiger partial charge in [-0.05, 0) is 36.8 Å². The van der Waals surface area contributed by atoms with Crippen molar-refractivity contribution in [3.8, 4) is 0 Å². The Balaban J connectivity index is 2.11. The molecule has 0 bridgehead atoms. The molecular formula is C15H13NO4S. The summed E-state index contributed by atoms with van der Waals surface area (Å²) in [7, 11) is 0. The second-order valence-corrected chi connectivity index (χ2v) is 5.49. The minimum absolute atomic E-state index is 0.120. The Morgan fingerprint density at radius 2 is 1.90 bits per heavy atom. The first kappa shape index (κ1) is 15.1. The molecule has 2 aromatic carbocycles. The zero-order valence-corrected chi connectivity index (χ0v) is 12.1. The molecule has 0 fully saturated rings. The van der Waals surface area contributed by atoms with Gasteiger partial charge in [0, 0.05) is 22.3 Å². The molecule has 0 aliphatic heterocycles. The smallest absolute Gasteiger partial charge is 0.335 e. The number of carboxylic acid groups (broad SMARTS) is 1. The fourth-order valence-corrected chi connectivity index (χ4v) is 2.84. The molecule has 0 heterocycles. The fraction of sp³-hybridized carbons (Fsp3) is 0.133. The molecule has 0 saturated carbocycles. The van der Waals surface area contributed by atoms with Gasteiger partial charge in [0.25, 0.3) is 5.69 Å². The average molecular weight is 303 g/mol. The number of hydrogen-bond acceptors (Lipinski definition) is 4. The third kappa shape index (κ3) is 3.61. The second-order valence-electron chi connectivity index (χ2n) is 4.44.